The van der Waals surface area contributed by atoms with Crippen LogP contribution in [0, 0.1) is 0 Å². The van der Waals surface area contributed by atoms with E-state index < -0.39 is 0 Å². The van der Waals surface area contributed by atoms with E-state index in [0.717, 1.165) is 18.4 Å². The minimum absolute atomic E-state index is 0. The number of rotatable bonds is 6. The van der Waals surface area contributed by atoms with Gasteiger partial charge in [-0.2, -0.15) is 0 Å². The number of amides is 2. The van der Waals surface area contributed by atoms with Crippen LogP contribution in [0.2, 0.25) is 5.02 Å². The number of halogens is 2. The van der Waals surface area contributed by atoms with E-state index in [1.807, 2.05) is 41.0 Å². The number of hydrogen-bond donors (Lipinski definition) is 2. The summed E-state index contributed by atoms with van der Waals surface area (Å²) in [5.74, 6) is 0.591. The van der Waals surface area contributed by atoms with Gasteiger partial charge in [0.15, 0.2) is 5.96 Å². The second-order valence-electron chi connectivity index (χ2n) is 6.88. The molecule has 28 heavy (non-hydrogen) atoms. The molecule has 7 nitrogen and oxygen atoms in total. The van der Waals surface area contributed by atoms with Gasteiger partial charge in [-0.15, -0.1) is 24.0 Å². The Labute approximate surface area is 187 Å². The summed E-state index contributed by atoms with van der Waals surface area (Å²) >= 11 is 5.91. The van der Waals surface area contributed by atoms with Crippen molar-refractivity contribution < 1.29 is 9.59 Å². The summed E-state index contributed by atoms with van der Waals surface area (Å²) in [5.41, 5.74) is 1.05. The Bertz CT molecular complexity index is 709. The summed E-state index contributed by atoms with van der Waals surface area (Å²) in [4.78, 5) is 32.6. The quantitative estimate of drug-likeness (QED) is 0.342. The summed E-state index contributed by atoms with van der Waals surface area (Å²) in [6.07, 6.45) is 2.11. The molecule has 1 aliphatic heterocycles. The summed E-state index contributed by atoms with van der Waals surface area (Å²) in [6.45, 7) is 4.85. The van der Waals surface area contributed by atoms with E-state index in [9.17, 15) is 9.59 Å². The molecule has 0 unspecified atom stereocenters. The molecule has 154 valence electrons. The molecule has 1 aromatic rings. The number of carbonyl (C=O) groups excluding carboxylic acids is 2. The minimum atomic E-state index is -0.0689. The maximum absolute atomic E-state index is 12.6. The Morgan fingerprint density at radius 1 is 1.25 bits per heavy atom. The molecule has 3 rings (SSSR count). The highest BCUT2D eigenvalue weighted by Gasteiger charge is 2.26. The van der Waals surface area contributed by atoms with E-state index >= 15 is 0 Å². The normalized spacial score (nSPS) is 17.2. The maximum atomic E-state index is 12.6. The predicted octanol–water partition coefficient (Wildman–Crippen LogP) is 1.85. The average molecular weight is 520 g/mol. The first-order valence-electron chi connectivity index (χ1n) is 9.40. The van der Waals surface area contributed by atoms with E-state index in [4.69, 9.17) is 11.6 Å². The lowest BCUT2D eigenvalue weighted by molar-refractivity contribution is -0.135. The van der Waals surface area contributed by atoms with Crippen LogP contribution < -0.4 is 10.6 Å². The van der Waals surface area contributed by atoms with Crippen molar-refractivity contribution in [2.75, 3.05) is 32.7 Å². The fraction of sp³-hybridized carbons (Fsp3) is 0.526. The fourth-order valence-corrected chi connectivity index (χ4v) is 3.07. The molecular formula is C19H27ClIN5O2. The first kappa shape index (κ1) is 22.7. The molecule has 2 fully saturated rings. The minimum Gasteiger partial charge on any atom is -0.356 e. The SMILES string of the molecule is CCNC(=NCC(=O)NC1CC1)N1CCN(Cc2ccc(Cl)cc2)C(=O)C1.I. The number of hydrogen-bond acceptors (Lipinski definition) is 3. The summed E-state index contributed by atoms with van der Waals surface area (Å²) in [5, 5.41) is 6.79. The molecule has 1 aliphatic carbocycles. The average Bonchev–Trinajstić information content (AvgIpc) is 3.46. The van der Waals surface area contributed by atoms with Crippen LogP contribution >= 0.6 is 35.6 Å². The maximum Gasteiger partial charge on any atom is 0.242 e. The van der Waals surface area contributed by atoms with Gasteiger partial charge in [0.1, 0.15) is 6.54 Å². The van der Waals surface area contributed by atoms with Gasteiger partial charge in [0, 0.05) is 37.2 Å². The molecule has 2 amide bonds. The van der Waals surface area contributed by atoms with Crippen molar-refractivity contribution in [1.29, 1.82) is 0 Å². The van der Waals surface area contributed by atoms with Gasteiger partial charge >= 0.3 is 0 Å². The molecule has 1 aromatic carbocycles. The van der Waals surface area contributed by atoms with Crippen molar-refractivity contribution in [3.63, 3.8) is 0 Å². The number of aliphatic imine (C=N–C) groups is 1. The molecule has 2 aliphatic rings. The largest absolute Gasteiger partial charge is 0.356 e. The van der Waals surface area contributed by atoms with Crippen molar-refractivity contribution in [3.8, 4) is 0 Å². The van der Waals surface area contributed by atoms with E-state index in [1.54, 1.807) is 0 Å². The van der Waals surface area contributed by atoms with E-state index in [2.05, 4.69) is 15.6 Å². The molecule has 0 radical (unpaired) electrons. The fourth-order valence-electron chi connectivity index (χ4n) is 2.94. The lowest BCUT2D eigenvalue weighted by atomic mass is 10.2. The van der Waals surface area contributed by atoms with Gasteiger partial charge in [0.25, 0.3) is 0 Å². The third-order valence-electron chi connectivity index (χ3n) is 4.55. The van der Waals surface area contributed by atoms with Gasteiger partial charge in [-0.3, -0.25) is 9.59 Å². The van der Waals surface area contributed by atoms with Crippen LogP contribution in [0.5, 0.6) is 0 Å². The van der Waals surface area contributed by atoms with Crippen LogP contribution in [0.3, 0.4) is 0 Å². The van der Waals surface area contributed by atoms with Crippen molar-refractivity contribution in [1.82, 2.24) is 20.4 Å². The third kappa shape index (κ3) is 6.80. The number of benzene rings is 1. The number of nitrogens with zero attached hydrogens (tertiary/aromatic N) is 3. The van der Waals surface area contributed by atoms with Crippen molar-refractivity contribution >= 4 is 53.4 Å². The first-order valence-corrected chi connectivity index (χ1v) is 9.78. The Morgan fingerprint density at radius 2 is 1.96 bits per heavy atom. The number of piperazine rings is 1. The van der Waals surface area contributed by atoms with Gasteiger partial charge in [0.2, 0.25) is 11.8 Å². The molecule has 0 spiro atoms. The van der Waals surface area contributed by atoms with Gasteiger partial charge in [-0.25, -0.2) is 4.99 Å². The van der Waals surface area contributed by atoms with Crippen LogP contribution in [-0.2, 0) is 16.1 Å². The molecule has 2 N–H and O–H groups in total. The Kier molecular flexibility index (Phi) is 8.81. The highest BCUT2D eigenvalue weighted by Crippen LogP contribution is 2.18. The molecule has 0 atom stereocenters. The zero-order valence-electron chi connectivity index (χ0n) is 16.0. The Hall–Kier alpha value is -1.55. The molecular weight excluding hydrogens is 493 g/mol. The number of guanidine groups is 1. The van der Waals surface area contributed by atoms with Crippen LogP contribution in [-0.4, -0.2) is 66.3 Å². The zero-order valence-corrected chi connectivity index (χ0v) is 19.1. The molecule has 0 bridgehead atoms. The van der Waals surface area contributed by atoms with Crippen LogP contribution in [0.4, 0.5) is 0 Å². The molecule has 1 heterocycles. The second-order valence-corrected chi connectivity index (χ2v) is 7.31. The highest BCUT2D eigenvalue weighted by atomic mass is 127. The number of nitrogens with one attached hydrogen (secondary N) is 2. The zero-order chi connectivity index (χ0) is 19.2. The summed E-state index contributed by atoms with van der Waals surface area (Å²) in [6, 6.07) is 7.87. The lowest BCUT2D eigenvalue weighted by Gasteiger charge is -2.36. The second kappa shape index (κ2) is 10.8. The summed E-state index contributed by atoms with van der Waals surface area (Å²) < 4.78 is 0. The lowest BCUT2D eigenvalue weighted by Crippen LogP contribution is -2.55. The monoisotopic (exact) mass is 519 g/mol. The topological polar surface area (TPSA) is 77.0 Å². The Morgan fingerprint density at radius 3 is 2.57 bits per heavy atom. The Balaban J connectivity index is 0.00000280. The van der Waals surface area contributed by atoms with Crippen molar-refractivity contribution in [2.45, 2.75) is 32.4 Å². The van der Waals surface area contributed by atoms with Crippen molar-refractivity contribution in [2.24, 2.45) is 4.99 Å². The first-order chi connectivity index (χ1) is 13.0. The molecule has 0 aromatic heterocycles. The van der Waals surface area contributed by atoms with Crippen LogP contribution in [0.25, 0.3) is 0 Å². The standard InChI is InChI=1S/C19H26ClN5O2.HI/c1-2-21-19(22-11-17(26)23-16-7-8-16)25-10-9-24(18(27)13-25)12-14-3-5-15(20)6-4-14;/h3-6,16H,2,7-13H2,1H3,(H,21,22)(H,23,26);1H. The third-order valence-corrected chi connectivity index (χ3v) is 4.81. The van der Waals surface area contributed by atoms with E-state index in [0.29, 0.717) is 43.2 Å². The van der Waals surface area contributed by atoms with E-state index in [-0.39, 0.29) is 48.9 Å². The highest BCUT2D eigenvalue weighted by molar-refractivity contribution is 14.0. The smallest absolute Gasteiger partial charge is 0.242 e. The number of carbonyl (C=O) groups is 2. The summed E-state index contributed by atoms with van der Waals surface area (Å²) in [7, 11) is 0. The molecule has 9 heteroatoms. The molecule has 1 saturated carbocycles. The molecule has 1 saturated heterocycles. The van der Waals surface area contributed by atoms with Gasteiger partial charge in [-0.1, -0.05) is 23.7 Å². The van der Waals surface area contributed by atoms with Gasteiger partial charge in [-0.05, 0) is 37.5 Å². The van der Waals surface area contributed by atoms with Gasteiger partial charge < -0.3 is 20.4 Å². The van der Waals surface area contributed by atoms with Gasteiger partial charge in [0.05, 0.1) is 6.54 Å². The van der Waals surface area contributed by atoms with Crippen LogP contribution in [0.1, 0.15) is 25.3 Å². The van der Waals surface area contributed by atoms with Crippen LogP contribution in [0.15, 0.2) is 29.3 Å². The van der Waals surface area contributed by atoms with Crippen molar-refractivity contribution in [3.05, 3.63) is 34.9 Å². The van der Waals surface area contributed by atoms with E-state index in [1.165, 1.54) is 0 Å². The predicted molar refractivity (Wildman–Crippen MR) is 121 cm³/mol.